The summed E-state index contributed by atoms with van der Waals surface area (Å²) in [5, 5.41) is 2.69. The molecule has 0 aromatic heterocycles. The molecule has 5 nitrogen and oxygen atoms in total. The van der Waals surface area contributed by atoms with E-state index in [2.05, 4.69) is 5.32 Å². The molecule has 1 saturated heterocycles. The van der Waals surface area contributed by atoms with Crippen molar-refractivity contribution in [2.24, 2.45) is 5.92 Å². The molecule has 1 fully saturated rings. The Hall–Kier alpha value is -2.04. The quantitative estimate of drug-likeness (QED) is 0.652. The van der Waals surface area contributed by atoms with Crippen LogP contribution >= 0.6 is 0 Å². The minimum absolute atomic E-state index is 0.203. The fourth-order valence-electron chi connectivity index (χ4n) is 1.94. The maximum Gasteiger partial charge on any atom is 0.318 e. The van der Waals surface area contributed by atoms with Gasteiger partial charge in [-0.25, -0.2) is 0 Å². The summed E-state index contributed by atoms with van der Waals surface area (Å²) in [6.07, 6.45) is 0.214. The largest absolute Gasteiger partial charge is 0.495 e. The second-order valence-electron chi connectivity index (χ2n) is 4.23. The van der Waals surface area contributed by atoms with Crippen molar-refractivity contribution in [3.05, 3.63) is 24.3 Å². The fraction of sp³-hybridized carbons (Fsp3) is 0.385. The molecular weight excluding hydrogens is 234 g/mol. The van der Waals surface area contributed by atoms with E-state index in [1.807, 2.05) is 0 Å². The number of nitrogens with one attached hydrogen (secondary N) is 1. The molecule has 2 atom stereocenters. The molecule has 0 saturated carbocycles. The van der Waals surface area contributed by atoms with Crippen LogP contribution in [0.25, 0.3) is 0 Å². The molecule has 1 amide bonds. The number of ether oxygens (including phenoxy) is 2. The maximum absolute atomic E-state index is 12.0. The van der Waals surface area contributed by atoms with Gasteiger partial charge < -0.3 is 14.8 Å². The van der Waals surface area contributed by atoms with Gasteiger partial charge in [-0.15, -0.1) is 0 Å². The van der Waals surface area contributed by atoms with Gasteiger partial charge in [0, 0.05) is 6.42 Å². The van der Waals surface area contributed by atoms with E-state index in [1.54, 1.807) is 31.2 Å². The Labute approximate surface area is 105 Å². The summed E-state index contributed by atoms with van der Waals surface area (Å²) in [5.41, 5.74) is 0.553. The predicted octanol–water partition coefficient (Wildman–Crippen LogP) is 1.59. The van der Waals surface area contributed by atoms with Crippen molar-refractivity contribution in [1.29, 1.82) is 0 Å². The number of hydrogen-bond donors (Lipinski definition) is 1. The minimum atomic E-state index is -0.732. The summed E-state index contributed by atoms with van der Waals surface area (Å²) in [4.78, 5) is 23.4. The Kier molecular flexibility index (Phi) is 3.50. The lowest BCUT2D eigenvalue weighted by atomic mass is 10.0. The highest BCUT2D eigenvalue weighted by Crippen LogP contribution is 2.26. The van der Waals surface area contributed by atoms with E-state index >= 15 is 0 Å². The first kappa shape index (κ1) is 12.4. The third kappa shape index (κ3) is 2.45. The van der Waals surface area contributed by atoms with Gasteiger partial charge in [-0.3, -0.25) is 9.59 Å². The molecule has 1 aliphatic rings. The van der Waals surface area contributed by atoms with Crippen molar-refractivity contribution in [3.8, 4) is 5.75 Å². The van der Waals surface area contributed by atoms with E-state index in [9.17, 15) is 9.59 Å². The lowest BCUT2D eigenvalue weighted by molar-refractivity contribution is -0.145. The van der Waals surface area contributed by atoms with Crippen molar-refractivity contribution in [2.75, 3.05) is 12.4 Å². The van der Waals surface area contributed by atoms with E-state index in [4.69, 9.17) is 9.47 Å². The summed E-state index contributed by atoms with van der Waals surface area (Å²) < 4.78 is 10.1. The first-order chi connectivity index (χ1) is 8.61. The molecule has 1 aliphatic heterocycles. The topological polar surface area (TPSA) is 64.6 Å². The molecule has 0 spiro atoms. The number of hydrogen-bond acceptors (Lipinski definition) is 4. The monoisotopic (exact) mass is 249 g/mol. The minimum Gasteiger partial charge on any atom is -0.495 e. The molecule has 5 heteroatoms. The van der Waals surface area contributed by atoms with Crippen LogP contribution in [0.4, 0.5) is 5.69 Å². The zero-order chi connectivity index (χ0) is 13.1. The van der Waals surface area contributed by atoms with E-state index in [0.717, 1.165) is 0 Å². The first-order valence-corrected chi connectivity index (χ1v) is 5.76. The zero-order valence-electron chi connectivity index (χ0n) is 10.3. The Bertz CT molecular complexity index is 472. The van der Waals surface area contributed by atoms with Crippen LogP contribution < -0.4 is 10.1 Å². The Morgan fingerprint density at radius 1 is 1.44 bits per heavy atom. The Morgan fingerprint density at radius 2 is 2.17 bits per heavy atom. The maximum atomic E-state index is 12.0. The average Bonchev–Trinajstić information content (AvgIpc) is 2.69. The third-order valence-electron chi connectivity index (χ3n) is 2.85. The Balaban J connectivity index is 2.10. The number of para-hydroxylation sites is 2. The molecule has 1 aromatic carbocycles. The van der Waals surface area contributed by atoms with Crippen LogP contribution in [0.3, 0.4) is 0 Å². The molecule has 0 radical (unpaired) electrons. The smallest absolute Gasteiger partial charge is 0.318 e. The summed E-state index contributed by atoms with van der Waals surface area (Å²) in [6, 6.07) is 7.06. The summed E-state index contributed by atoms with van der Waals surface area (Å²) in [6.45, 7) is 1.77. The number of amides is 1. The summed E-state index contributed by atoms with van der Waals surface area (Å²) in [5.74, 6) is -0.987. The van der Waals surface area contributed by atoms with E-state index in [1.165, 1.54) is 7.11 Å². The van der Waals surface area contributed by atoms with Crippen molar-refractivity contribution >= 4 is 17.6 Å². The average molecular weight is 249 g/mol. The van der Waals surface area contributed by atoms with E-state index < -0.39 is 11.9 Å². The normalized spacial score (nSPS) is 22.4. The second kappa shape index (κ2) is 5.08. The second-order valence-corrected chi connectivity index (χ2v) is 4.23. The number of esters is 1. The molecule has 0 bridgehead atoms. The van der Waals surface area contributed by atoms with Crippen LogP contribution in [0.5, 0.6) is 5.75 Å². The third-order valence-corrected chi connectivity index (χ3v) is 2.85. The lowest BCUT2D eigenvalue weighted by Gasteiger charge is -2.11. The summed E-state index contributed by atoms with van der Waals surface area (Å²) in [7, 11) is 1.52. The van der Waals surface area contributed by atoms with Crippen LogP contribution in [0.1, 0.15) is 13.3 Å². The highest BCUT2D eigenvalue weighted by Gasteiger charge is 2.37. The van der Waals surface area contributed by atoms with E-state index in [0.29, 0.717) is 17.9 Å². The number of carbonyl (C=O) groups excluding carboxylic acids is 2. The van der Waals surface area contributed by atoms with Gasteiger partial charge >= 0.3 is 5.97 Å². The predicted molar refractivity (Wildman–Crippen MR) is 65.3 cm³/mol. The summed E-state index contributed by atoms with van der Waals surface area (Å²) >= 11 is 0. The van der Waals surface area contributed by atoms with Gasteiger partial charge in [0.15, 0.2) is 0 Å². The van der Waals surface area contributed by atoms with Gasteiger partial charge in [0.05, 0.1) is 12.8 Å². The molecule has 96 valence electrons. The van der Waals surface area contributed by atoms with Crippen LogP contribution in [-0.2, 0) is 14.3 Å². The Morgan fingerprint density at radius 3 is 2.78 bits per heavy atom. The SMILES string of the molecule is COc1ccccc1NC(=O)[C@@H]1C[C@@H](C)OC1=O. The number of benzene rings is 1. The van der Waals surface area contributed by atoms with Crippen LogP contribution in [0.2, 0.25) is 0 Å². The van der Waals surface area contributed by atoms with Crippen LogP contribution in [-0.4, -0.2) is 25.1 Å². The van der Waals surface area contributed by atoms with Crippen molar-refractivity contribution < 1.29 is 19.1 Å². The van der Waals surface area contributed by atoms with Gasteiger partial charge in [-0.1, -0.05) is 12.1 Å². The first-order valence-electron chi connectivity index (χ1n) is 5.76. The molecule has 0 aliphatic carbocycles. The standard InChI is InChI=1S/C13H15NO4/c1-8-7-9(13(16)18-8)12(15)14-10-5-3-4-6-11(10)17-2/h3-6,8-9H,7H2,1-2H3,(H,14,15)/t8-,9+/m1/s1. The number of carbonyl (C=O) groups is 2. The molecule has 1 heterocycles. The van der Waals surface area contributed by atoms with Crippen molar-refractivity contribution in [1.82, 2.24) is 0 Å². The highest BCUT2D eigenvalue weighted by atomic mass is 16.5. The molecule has 18 heavy (non-hydrogen) atoms. The van der Waals surface area contributed by atoms with Gasteiger partial charge in [0.25, 0.3) is 0 Å². The number of anilines is 1. The van der Waals surface area contributed by atoms with Crippen LogP contribution in [0.15, 0.2) is 24.3 Å². The fourth-order valence-corrected chi connectivity index (χ4v) is 1.94. The van der Waals surface area contributed by atoms with Gasteiger partial charge in [-0.2, -0.15) is 0 Å². The molecule has 0 unspecified atom stereocenters. The van der Waals surface area contributed by atoms with Crippen molar-refractivity contribution in [3.63, 3.8) is 0 Å². The molecular formula is C13H15NO4. The number of rotatable bonds is 3. The van der Waals surface area contributed by atoms with Gasteiger partial charge in [0.2, 0.25) is 5.91 Å². The molecule has 1 N–H and O–H groups in total. The highest BCUT2D eigenvalue weighted by molar-refractivity contribution is 6.06. The molecule has 2 rings (SSSR count). The zero-order valence-corrected chi connectivity index (χ0v) is 10.3. The van der Waals surface area contributed by atoms with Gasteiger partial charge in [0.1, 0.15) is 17.8 Å². The van der Waals surface area contributed by atoms with Gasteiger partial charge in [-0.05, 0) is 19.1 Å². The molecule has 1 aromatic rings. The van der Waals surface area contributed by atoms with Crippen LogP contribution in [0, 0.1) is 5.92 Å². The van der Waals surface area contributed by atoms with Crippen molar-refractivity contribution in [2.45, 2.75) is 19.4 Å². The lowest BCUT2D eigenvalue weighted by Crippen LogP contribution is -2.26. The number of methoxy groups -OCH3 is 1. The van der Waals surface area contributed by atoms with E-state index in [-0.39, 0.29) is 12.0 Å². The number of cyclic esters (lactones) is 1.